The van der Waals surface area contributed by atoms with Crippen molar-refractivity contribution in [3.8, 4) is 11.5 Å². The minimum absolute atomic E-state index is 0.0856. The number of methoxy groups -OCH3 is 1. The Hall–Kier alpha value is -2.87. The highest BCUT2D eigenvalue weighted by molar-refractivity contribution is 7.15. The fourth-order valence-electron chi connectivity index (χ4n) is 2.03. The number of ether oxygens (including phenoxy) is 3. The summed E-state index contributed by atoms with van der Waals surface area (Å²) in [6, 6.07) is 8.34. The number of hydrogen-bond acceptors (Lipinski definition) is 7. The van der Waals surface area contributed by atoms with Gasteiger partial charge in [-0.2, -0.15) is 0 Å². The lowest BCUT2D eigenvalue weighted by atomic mass is 10.3. The Labute approximate surface area is 141 Å². The molecule has 2 heterocycles. The minimum Gasteiger partial charge on any atom is -0.493 e. The van der Waals surface area contributed by atoms with Crippen LogP contribution in [0.2, 0.25) is 0 Å². The monoisotopic (exact) mass is 346 g/mol. The maximum atomic E-state index is 11.8. The van der Waals surface area contributed by atoms with Crippen LogP contribution in [0.4, 0.5) is 0 Å². The van der Waals surface area contributed by atoms with Crippen LogP contribution >= 0.6 is 11.3 Å². The fourth-order valence-corrected chi connectivity index (χ4v) is 2.77. The van der Waals surface area contributed by atoms with Gasteiger partial charge in [0.15, 0.2) is 23.1 Å². The van der Waals surface area contributed by atoms with Crippen LogP contribution in [0.15, 0.2) is 46.7 Å². The van der Waals surface area contributed by atoms with Gasteiger partial charge in [-0.1, -0.05) is 12.1 Å². The molecule has 0 N–H and O–H groups in total. The first-order valence-electron chi connectivity index (χ1n) is 7.04. The summed E-state index contributed by atoms with van der Waals surface area (Å²) < 4.78 is 17.0. The molecule has 0 spiro atoms. The zero-order valence-electron chi connectivity index (χ0n) is 12.8. The lowest BCUT2D eigenvalue weighted by molar-refractivity contribution is -0.147. The third-order valence-electron chi connectivity index (χ3n) is 3.15. The van der Waals surface area contributed by atoms with Gasteiger partial charge in [0, 0.05) is 17.6 Å². The van der Waals surface area contributed by atoms with Crippen LogP contribution in [0, 0.1) is 0 Å². The van der Waals surface area contributed by atoms with Crippen molar-refractivity contribution >= 4 is 22.3 Å². The second-order valence-corrected chi connectivity index (χ2v) is 5.61. The van der Waals surface area contributed by atoms with Gasteiger partial charge in [-0.15, -0.1) is 11.3 Å². The highest BCUT2D eigenvalue weighted by atomic mass is 32.1. The molecule has 3 rings (SSSR count). The van der Waals surface area contributed by atoms with Gasteiger partial charge in [0.25, 0.3) is 5.56 Å². The molecule has 124 valence electrons. The first-order chi connectivity index (χ1) is 11.7. The van der Waals surface area contributed by atoms with Gasteiger partial charge in [0.1, 0.15) is 6.61 Å². The Kier molecular flexibility index (Phi) is 4.76. The van der Waals surface area contributed by atoms with E-state index >= 15 is 0 Å². The van der Waals surface area contributed by atoms with Crippen LogP contribution in [-0.4, -0.2) is 29.1 Å². The van der Waals surface area contributed by atoms with Crippen LogP contribution in [0.3, 0.4) is 0 Å². The van der Waals surface area contributed by atoms with E-state index in [1.165, 1.54) is 28.9 Å². The number of fused-ring (bicyclic) bond motifs is 1. The summed E-state index contributed by atoms with van der Waals surface area (Å²) in [7, 11) is 1.52. The standard InChI is InChI=1S/C16H14N2O5S/c1-21-12-4-2-3-5-13(12)22-10-15(20)23-9-11-8-14(19)18-6-7-24-16(18)17-11/h2-8H,9-10H2,1H3. The lowest BCUT2D eigenvalue weighted by Crippen LogP contribution is -2.17. The summed E-state index contributed by atoms with van der Waals surface area (Å²) in [5.41, 5.74) is 0.186. The van der Waals surface area contributed by atoms with Crippen molar-refractivity contribution < 1.29 is 19.0 Å². The summed E-state index contributed by atoms with van der Waals surface area (Å²) in [6.07, 6.45) is 1.65. The van der Waals surface area contributed by atoms with Crippen LogP contribution in [0.25, 0.3) is 4.96 Å². The Morgan fingerprint density at radius 2 is 2.08 bits per heavy atom. The molecule has 0 saturated carbocycles. The van der Waals surface area contributed by atoms with E-state index in [4.69, 9.17) is 14.2 Å². The molecule has 0 fully saturated rings. The third-order valence-corrected chi connectivity index (χ3v) is 3.91. The second kappa shape index (κ2) is 7.14. The molecular formula is C16H14N2O5S. The van der Waals surface area contributed by atoms with Crippen molar-refractivity contribution in [2.75, 3.05) is 13.7 Å². The molecule has 0 aliphatic rings. The largest absolute Gasteiger partial charge is 0.493 e. The first-order valence-corrected chi connectivity index (χ1v) is 7.92. The van der Waals surface area contributed by atoms with E-state index in [0.717, 1.165) is 0 Å². The molecule has 24 heavy (non-hydrogen) atoms. The first kappa shape index (κ1) is 16.0. The maximum Gasteiger partial charge on any atom is 0.344 e. The van der Waals surface area contributed by atoms with Crippen molar-refractivity contribution in [3.63, 3.8) is 0 Å². The molecule has 0 amide bonds. The van der Waals surface area contributed by atoms with Crippen molar-refractivity contribution in [1.29, 1.82) is 0 Å². The number of carbonyl (C=O) groups is 1. The Morgan fingerprint density at radius 1 is 1.29 bits per heavy atom. The smallest absolute Gasteiger partial charge is 0.344 e. The van der Waals surface area contributed by atoms with E-state index in [1.807, 2.05) is 0 Å². The number of esters is 1. The van der Waals surface area contributed by atoms with Crippen LogP contribution < -0.4 is 15.0 Å². The molecule has 8 heteroatoms. The number of thiazole rings is 1. The predicted octanol–water partition coefficient (Wildman–Crippen LogP) is 1.89. The van der Waals surface area contributed by atoms with E-state index in [0.29, 0.717) is 22.2 Å². The Bertz CT molecular complexity index is 918. The highest BCUT2D eigenvalue weighted by Crippen LogP contribution is 2.25. The van der Waals surface area contributed by atoms with Gasteiger partial charge in [0.05, 0.1) is 12.8 Å². The zero-order valence-corrected chi connectivity index (χ0v) is 13.6. The molecule has 1 aromatic carbocycles. The zero-order chi connectivity index (χ0) is 16.9. The number of nitrogens with zero attached hydrogens (tertiary/aromatic N) is 2. The Balaban J connectivity index is 1.58. The molecule has 0 unspecified atom stereocenters. The molecule has 0 atom stereocenters. The van der Waals surface area contributed by atoms with Gasteiger partial charge in [-0.3, -0.25) is 9.20 Å². The summed E-state index contributed by atoms with van der Waals surface area (Å²) in [6.45, 7) is -0.349. The normalized spacial score (nSPS) is 10.5. The third kappa shape index (κ3) is 3.54. The summed E-state index contributed by atoms with van der Waals surface area (Å²) in [5.74, 6) is 0.422. The fraction of sp³-hybridized carbons (Fsp3) is 0.188. The predicted molar refractivity (Wildman–Crippen MR) is 87.6 cm³/mol. The van der Waals surface area contributed by atoms with Crippen LogP contribution in [0.1, 0.15) is 5.69 Å². The maximum absolute atomic E-state index is 11.8. The molecule has 0 aliphatic heterocycles. The van der Waals surface area contributed by atoms with Crippen molar-refractivity contribution in [2.45, 2.75) is 6.61 Å². The van der Waals surface area contributed by atoms with E-state index in [-0.39, 0.29) is 18.8 Å². The van der Waals surface area contributed by atoms with Crippen molar-refractivity contribution in [3.05, 3.63) is 58.0 Å². The molecule has 0 saturated heterocycles. The van der Waals surface area contributed by atoms with Crippen molar-refractivity contribution in [2.24, 2.45) is 0 Å². The molecule has 7 nitrogen and oxygen atoms in total. The van der Waals surface area contributed by atoms with Crippen LogP contribution in [0.5, 0.6) is 11.5 Å². The summed E-state index contributed by atoms with van der Waals surface area (Å²) in [5, 5.41) is 1.76. The number of para-hydroxylation sites is 2. The van der Waals surface area contributed by atoms with E-state index in [1.54, 1.807) is 35.8 Å². The number of carbonyl (C=O) groups excluding carboxylic acids is 1. The van der Waals surface area contributed by atoms with E-state index in [2.05, 4.69) is 4.98 Å². The molecule has 0 radical (unpaired) electrons. The number of benzene rings is 1. The molecule has 0 aliphatic carbocycles. The second-order valence-electron chi connectivity index (χ2n) is 4.74. The van der Waals surface area contributed by atoms with Gasteiger partial charge in [-0.25, -0.2) is 9.78 Å². The van der Waals surface area contributed by atoms with Gasteiger partial charge in [-0.05, 0) is 12.1 Å². The molecular weight excluding hydrogens is 332 g/mol. The van der Waals surface area contributed by atoms with E-state index < -0.39 is 5.97 Å². The average molecular weight is 346 g/mol. The SMILES string of the molecule is COc1ccccc1OCC(=O)OCc1cc(=O)n2ccsc2n1. The topological polar surface area (TPSA) is 79.1 Å². The summed E-state index contributed by atoms with van der Waals surface area (Å²) in [4.78, 5) is 28.4. The minimum atomic E-state index is -0.561. The quantitative estimate of drug-likeness (QED) is 0.634. The summed E-state index contributed by atoms with van der Waals surface area (Å²) >= 11 is 1.33. The molecule has 3 aromatic rings. The van der Waals surface area contributed by atoms with E-state index in [9.17, 15) is 9.59 Å². The Morgan fingerprint density at radius 3 is 2.88 bits per heavy atom. The van der Waals surface area contributed by atoms with Gasteiger partial charge >= 0.3 is 5.97 Å². The molecule has 2 aromatic heterocycles. The van der Waals surface area contributed by atoms with Gasteiger partial charge < -0.3 is 14.2 Å². The number of hydrogen-bond donors (Lipinski definition) is 0. The number of aromatic nitrogens is 2. The number of rotatable bonds is 6. The van der Waals surface area contributed by atoms with Crippen molar-refractivity contribution in [1.82, 2.24) is 9.38 Å². The average Bonchev–Trinajstić information content (AvgIpc) is 3.07. The lowest BCUT2D eigenvalue weighted by Gasteiger charge is -2.10. The van der Waals surface area contributed by atoms with Crippen LogP contribution in [-0.2, 0) is 16.1 Å². The highest BCUT2D eigenvalue weighted by Gasteiger charge is 2.10. The van der Waals surface area contributed by atoms with Gasteiger partial charge in [0.2, 0.25) is 0 Å². The molecule has 0 bridgehead atoms.